The number of imidazole rings is 1. The van der Waals surface area contributed by atoms with E-state index in [1.807, 2.05) is 22.9 Å². The van der Waals surface area contributed by atoms with Crippen molar-refractivity contribution in [1.82, 2.24) is 24.3 Å². The van der Waals surface area contributed by atoms with Crippen molar-refractivity contribution in [1.29, 1.82) is 5.26 Å². The normalized spacial score (nSPS) is 17.2. The van der Waals surface area contributed by atoms with Gasteiger partial charge < -0.3 is 19.2 Å². The first-order chi connectivity index (χ1) is 13.2. The molecule has 0 bridgehead atoms. The Bertz CT molecular complexity index is 1060. The highest BCUT2D eigenvalue weighted by atomic mass is 16.1. The molecule has 3 aromatic heterocycles. The predicted molar refractivity (Wildman–Crippen MR) is 101 cm³/mol. The predicted octanol–water partition coefficient (Wildman–Crippen LogP) is 1.06. The second-order valence-electron chi connectivity index (χ2n) is 6.84. The van der Waals surface area contributed by atoms with E-state index >= 15 is 0 Å². The summed E-state index contributed by atoms with van der Waals surface area (Å²) in [6, 6.07) is 6.04. The molecule has 1 aliphatic heterocycles. The zero-order chi connectivity index (χ0) is 18.8. The molecule has 1 atom stereocenters. The van der Waals surface area contributed by atoms with Gasteiger partial charge in [0.05, 0.1) is 17.5 Å². The fourth-order valence-corrected chi connectivity index (χ4v) is 3.51. The molecule has 1 fully saturated rings. The third kappa shape index (κ3) is 3.41. The first-order valence-electron chi connectivity index (χ1n) is 9.02. The minimum Gasteiger partial charge on any atom is -0.350 e. The number of fused-ring (bicyclic) bond motifs is 1. The van der Waals surface area contributed by atoms with E-state index in [4.69, 9.17) is 5.26 Å². The van der Waals surface area contributed by atoms with Crippen LogP contribution in [-0.4, -0.2) is 38.1 Å². The lowest BCUT2D eigenvalue weighted by Crippen LogP contribution is -2.47. The summed E-state index contributed by atoms with van der Waals surface area (Å²) in [5.74, 6) is 0.514. The van der Waals surface area contributed by atoms with Gasteiger partial charge in [0.15, 0.2) is 5.82 Å². The molecule has 1 N–H and O–H groups in total. The number of nitriles is 1. The maximum atomic E-state index is 12.3. The largest absolute Gasteiger partial charge is 0.350 e. The Hall–Kier alpha value is -3.18. The van der Waals surface area contributed by atoms with Gasteiger partial charge in [-0.15, -0.1) is 0 Å². The molecule has 4 rings (SSSR count). The van der Waals surface area contributed by atoms with Crippen molar-refractivity contribution in [3.8, 4) is 6.07 Å². The van der Waals surface area contributed by atoms with Crippen LogP contribution in [0.5, 0.6) is 0 Å². The molecule has 4 heterocycles. The lowest BCUT2D eigenvalue weighted by Gasteiger charge is -2.33. The number of aryl methyl sites for hydroxylation is 1. The fourth-order valence-electron chi connectivity index (χ4n) is 3.51. The topological polar surface area (TPSA) is 91.2 Å². The highest BCUT2D eigenvalue weighted by Gasteiger charge is 2.23. The van der Waals surface area contributed by atoms with Crippen LogP contribution in [-0.2, 0) is 13.6 Å². The number of pyridine rings is 1. The molecular weight excluding hydrogens is 342 g/mol. The number of rotatable bonds is 4. The minimum atomic E-state index is -0.0658. The summed E-state index contributed by atoms with van der Waals surface area (Å²) in [5, 5.41) is 12.7. The van der Waals surface area contributed by atoms with Crippen LogP contribution in [0.4, 0.5) is 5.82 Å². The first kappa shape index (κ1) is 17.2. The van der Waals surface area contributed by atoms with Crippen molar-refractivity contribution in [2.75, 3.05) is 18.0 Å². The van der Waals surface area contributed by atoms with Crippen LogP contribution in [0.1, 0.15) is 24.1 Å². The van der Waals surface area contributed by atoms with Crippen LogP contribution >= 0.6 is 0 Å². The van der Waals surface area contributed by atoms with E-state index in [-0.39, 0.29) is 11.6 Å². The molecule has 8 heteroatoms. The summed E-state index contributed by atoms with van der Waals surface area (Å²) in [4.78, 5) is 23.1. The quantitative estimate of drug-likeness (QED) is 0.745. The smallest absolute Gasteiger partial charge is 0.293 e. The first-order valence-corrected chi connectivity index (χ1v) is 9.02. The molecule has 1 aliphatic rings. The number of piperidine rings is 1. The monoisotopic (exact) mass is 363 g/mol. The standard InChI is InChI=1S/C19H21N7O/c1-24-8-6-21-18(19(24)27)25-7-2-3-15(13-25)22-10-16-11-23-17-5-4-14(9-20)12-26(16)17/h4-6,8,11-12,15,22H,2-3,7,10,13H2,1H3/t15-/m1/s1. The molecule has 0 radical (unpaired) electrons. The lowest BCUT2D eigenvalue weighted by atomic mass is 10.1. The van der Waals surface area contributed by atoms with Gasteiger partial charge in [0.1, 0.15) is 11.7 Å². The third-order valence-electron chi connectivity index (χ3n) is 5.00. The molecule has 0 unspecified atom stereocenters. The number of hydrogen-bond acceptors (Lipinski definition) is 6. The van der Waals surface area contributed by atoms with Gasteiger partial charge in [-0.2, -0.15) is 5.26 Å². The minimum absolute atomic E-state index is 0.0658. The van der Waals surface area contributed by atoms with E-state index in [0.29, 0.717) is 17.9 Å². The summed E-state index contributed by atoms with van der Waals surface area (Å²) in [6.45, 7) is 2.23. The molecule has 8 nitrogen and oxygen atoms in total. The van der Waals surface area contributed by atoms with Crippen molar-refractivity contribution in [3.63, 3.8) is 0 Å². The van der Waals surface area contributed by atoms with E-state index in [1.54, 1.807) is 30.1 Å². The number of anilines is 1. The van der Waals surface area contributed by atoms with Crippen LogP contribution in [0.3, 0.4) is 0 Å². The molecule has 138 valence electrons. The van der Waals surface area contributed by atoms with Crippen molar-refractivity contribution < 1.29 is 0 Å². The van der Waals surface area contributed by atoms with Crippen LogP contribution in [0.25, 0.3) is 5.65 Å². The Balaban J connectivity index is 1.47. The van der Waals surface area contributed by atoms with Crippen LogP contribution < -0.4 is 15.8 Å². The van der Waals surface area contributed by atoms with Gasteiger partial charge in [-0.3, -0.25) is 4.79 Å². The van der Waals surface area contributed by atoms with Gasteiger partial charge in [0, 0.05) is 51.3 Å². The Labute approximate surface area is 156 Å². The van der Waals surface area contributed by atoms with Crippen molar-refractivity contribution >= 4 is 11.5 Å². The van der Waals surface area contributed by atoms with Crippen LogP contribution in [0, 0.1) is 11.3 Å². The SMILES string of the molecule is Cn1ccnc(N2CCC[C@@H](NCc3cnc4ccc(C#N)cn34)C2)c1=O. The Kier molecular flexibility index (Phi) is 4.60. The average Bonchev–Trinajstić information content (AvgIpc) is 3.11. The molecule has 3 aromatic rings. The van der Waals surface area contributed by atoms with E-state index in [9.17, 15) is 4.79 Å². The summed E-state index contributed by atoms with van der Waals surface area (Å²) < 4.78 is 3.51. The van der Waals surface area contributed by atoms with E-state index in [0.717, 1.165) is 37.3 Å². The van der Waals surface area contributed by atoms with E-state index < -0.39 is 0 Å². The number of aromatic nitrogens is 4. The maximum Gasteiger partial charge on any atom is 0.293 e. The van der Waals surface area contributed by atoms with Crippen LogP contribution in [0.15, 0.2) is 41.7 Å². The molecule has 0 saturated carbocycles. The summed E-state index contributed by atoms with van der Waals surface area (Å²) >= 11 is 0. The lowest BCUT2D eigenvalue weighted by molar-refractivity contribution is 0.416. The fraction of sp³-hybridized carbons (Fsp3) is 0.368. The molecular formula is C19H21N7O. The summed E-state index contributed by atoms with van der Waals surface area (Å²) in [7, 11) is 1.74. The second-order valence-corrected chi connectivity index (χ2v) is 6.84. The van der Waals surface area contributed by atoms with Crippen LogP contribution in [0.2, 0.25) is 0 Å². The van der Waals surface area contributed by atoms with Crippen molar-refractivity contribution in [2.45, 2.75) is 25.4 Å². The molecule has 0 spiro atoms. The van der Waals surface area contributed by atoms with E-state index in [1.165, 1.54) is 0 Å². The molecule has 1 saturated heterocycles. The van der Waals surface area contributed by atoms with Gasteiger partial charge in [-0.05, 0) is 25.0 Å². The molecule has 0 aliphatic carbocycles. The average molecular weight is 363 g/mol. The maximum absolute atomic E-state index is 12.3. The zero-order valence-electron chi connectivity index (χ0n) is 15.2. The van der Waals surface area contributed by atoms with Gasteiger partial charge in [0.25, 0.3) is 5.56 Å². The number of hydrogen-bond donors (Lipinski definition) is 1. The highest BCUT2D eigenvalue weighted by molar-refractivity contribution is 5.44. The Morgan fingerprint density at radius 1 is 1.37 bits per heavy atom. The highest BCUT2D eigenvalue weighted by Crippen LogP contribution is 2.15. The van der Waals surface area contributed by atoms with E-state index in [2.05, 4.69) is 26.3 Å². The van der Waals surface area contributed by atoms with Crippen molar-refractivity contribution in [2.24, 2.45) is 7.05 Å². The molecule has 27 heavy (non-hydrogen) atoms. The molecule has 0 aromatic carbocycles. The number of nitrogens with zero attached hydrogens (tertiary/aromatic N) is 6. The zero-order valence-corrected chi connectivity index (χ0v) is 15.2. The summed E-state index contributed by atoms with van der Waals surface area (Å²) in [6.07, 6.45) is 9.03. The van der Waals surface area contributed by atoms with Gasteiger partial charge in [-0.25, -0.2) is 9.97 Å². The molecule has 0 amide bonds. The van der Waals surface area contributed by atoms with Gasteiger partial charge in [-0.1, -0.05) is 0 Å². The Morgan fingerprint density at radius 3 is 3.11 bits per heavy atom. The Morgan fingerprint density at radius 2 is 2.26 bits per heavy atom. The van der Waals surface area contributed by atoms with Gasteiger partial charge >= 0.3 is 0 Å². The second kappa shape index (κ2) is 7.21. The summed E-state index contributed by atoms with van der Waals surface area (Å²) in [5.41, 5.74) is 2.38. The van der Waals surface area contributed by atoms with Gasteiger partial charge in [0.2, 0.25) is 0 Å². The van der Waals surface area contributed by atoms with Crippen molar-refractivity contribution in [3.05, 3.63) is 58.5 Å². The number of nitrogens with one attached hydrogen (secondary N) is 1. The third-order valence-corrected chi connectivity index (χ3v) is 5.00.